The summed E-state index contributed by atoms with van der Waals surface area (Å²) in [5, 5.41) is 3.52. The molecule has 1 aromatic rings. The summed E-state index contributed by atoms with van der Waals surface area (Å²) in [5.74, 6) is 0. The van der Waals surface area contributed by atoms with Gasteiger partial charge >= 0.3 is 0 Å². The summed E-state index contributed by atoms with van der Waals surface area (Å²) in [6.45, 7) is 1.74. The smallest absolute Gasteiger partial charge is 0.115 e. The first-order chi connectivity index (χ1) is 7.41. The van der Waals surface area contributed by atoms with Crippen molar-refractivity contribution in [3.8, 4) is 0 Å². The molecule has 0 aromatic carbocycles. The van der Waals surface area contributed by atoms with Crippen LogP contribution in [-0.4, -0.2) is 28.7 Å². The summed E-state index contributed by atoms with van der Waals surface area (Å²) in [7, 11) is 0. The Bertz CT molecular complexity index is 337. The third kappa shape index (κ3) is 1.44. The van der Waals surface area contributed by atoms with Crippen molar-refractivity contribution < 1.29 is 4.74 Å². The van der Waals surface area contributed by atoms with Crippen LogP contribution in [0.4, 0.5) is 0 Å². The van der Waals surface area contributed by atoms with E-state index in [2.05, 4.69) is 15.3 Å². The average molecular weight is 205 g/mol. The summed E-state index contributed by atoms with van der Waals surface area (Å²) >= 11 is 0. The Balaban J connectivity index is 1.89. The lowest BCUT2D eigenvalue weighted by Crippen LogP contribution is -2.56. The minimum absolute atomic E-state index is 0.0307. The molecular formula is C11H15N3O. The van der Waals surface area contributed by atoms with Crippen LogP contribution < -0.4 is 5.32 Å². The fourth-order valence-corrected chi connectivity index (χ4v) is 2.57. The van der Waals surface area contributed by atoms with Crippen LogP contribution in [0.15, 0.2) is 18.7 Å². The summed E-state index contributed by atoms with van der Waals surface area (Å²) in [6, 6.07) is 0.279. The van der Waals surface area contributed by atoms with E-state index in [1.54, 1.807) is 6.33 Å². The topological polar surface area (TPSA) is 47.0 Å². The van der Waals surface area contributed by atoms with Crippen molar-refractivity contribution in [3.05, 3.63) is 24.3 Å². The minimum Gasteiger partial charge on any atom is -0.372 e. The Morgan fingerprint density at radius 2 is 2.13 bits per heavy atom. The second kappa shape index (κ2) is 3.54. The molecule has 0 bridgehead atoms. The zero-order valence-electron chi connectivity index (χ0n) is 8.65. The van der Waals surface area contributed by atoms with E-state index in [0.29, 0.717) is 0 Å². The number of nitrogens with zero attached hydrogens (tertiary/aromatic N) is 2. The molecule has 1 unspecified atom stereocenters. The molecule has 80 valence electrons. The van der Waals surface area contributed by atoms with Gasteiger partial charge in [0, 0.05) is 24.5 Å². The van der Waals surface area contributed by atoms with Crippen molar-refractivity contribution in [3.63, 3.8) is 0 Å². The van der Waals surface area contributed by atoms with Gasteiger partial charge in [0.15, 0.2) is 0 Å². The SMILES string of the molecule is c1ncc(C2NCCOC23CCC3)cn1. The molecule has 2 heterocycles. The van der Waals surface area contributed by atoms with Gasteiger partial charge in [-0.1, -0.05) is 0 Å². The largest absolute Gasteiger partial charge is 0.372 e. The molecule has 3 rings (SSSR count). The standard InChI is InChI=1S/C11H15N3O/c1-2-11(3-1)10(14-4-5-15-11)9-6-12-8-13-7-9/h6-8,10,14H,1-5H2. The average Bonchev–Trinajstić information content (AvgIpc) is 2.28. The first kappa shape index (κ1) is 9.24. The van der Waals surface area contributed by atoms with Gasteiger partial charge in [-0.2, -0.15) is 0 Å². The molecule has 1 atom stereocenters. The maximum absolute atomic E-state index is 5.95. The second-order valence-electron chi connectivity index (χ2n) is 4.33. The lowest BCUT2D eigenvalue weighted by Gasteiger charge is -2.50. The van der Waals surface area contributed by atoms with Crippen LogP contribution in [0.5, 0.6) is 0 Å². The summed E-state index contributed by atoms with van der Waals surface area (Å²) in [6.07, 6.45) is 8.92. The number of ether oxygens (including phenoxy) is 1. The third-order valence-corrected chi connectivity index (χ3v) is 3.48. The van der Waals surface area contributed by atoms with Crippen LogP contribution in [0.1, 0.15) is 30.9 Å². The molecule has 1 aliphatic carbocycles. The van der Waals surface area contributed by atoms with Crippen molar-refractivity contribution in [2.24, 2.45) is 0 Å². The summed E-state index contributed by atoms with van der Waals surface area (Å²) < 4.78 is 5.95. The molecule has 0 amide bonds. The molecule has 1 aromatic heterocycles. The molecule has 4 heteroatoms. The van der Waals surface area contributed by atoms with Gasteiger partial charge < -0.3 is 10.1 Å². The predicted molar refractivity (Wildman–Crippen MR) is 55.3 cm³/mol. The molecule has 15 heavy (non-hydrogen) atoms. The molecule has 1 spiro atoms. The highest BCUT2D eigenvalue weighted by Gasteiger charge is 2.47. The lowest BCUT2D eigenvalue weighted by atomic mass is 9.72. The Morgan fingerprint density at radius 3 is 2.80 bits per heavy atom. The summed E-state index contributed by atoms with van der Waals surface area (Å²) in [5.41, 5.74) is 1.18. The quantitative estimate of drug-likeness (QED) is 0.744. The predicted octanol–water partition coefficient (Wildman–Crippen LogP) is 1.06. The van der Waals surface area contributed by atoms with Gasteiger partial charge in [0.2, 0.25) is 0 Å². The second-order valence-corrected chi connectivity index (χ2v) is 4.33. The zero-order valence-corrected chi connectivity index (χ0v) is 8.65. The molecule has 1 aliphatic heterocycles. The zero-order chi connectivity index (χ0) is 10.1. The van der Waals surface area contributed by atoms with E-state index in [9.17, 15) is 0 Å². The number of rotatable bonds is 1. The van der Waals surface area contributed by atoms with Gasteiger partial charge in [-0.25, -0.2) is 9.97 Å². The highest BCUT2D eigenvalue weighted by molar-refractivity contribution is 5.18. The Morgan fingerprint density at radius 1 is 1.33 bits per heavy atom. The highest BCUT2D eigenvalue weighted by Crippen LogP contribution is 2.46. The van der Waals surface area contributed by atoms with Gasteiger partial charge in [0.25, 0.3) is 0 Å². The molecule has 2 aliphatic rings. The summed E-state index contributed by atoms with van der Waals surface area (Å²) in [4.78, 5) is 8.15. The Kier molecular flexibility index (Phi) is 2.18. The van der Waals surface area contributed by atoms with Crippen molar-refractivity contribution in [1.82, 2.24) is 15.3 Å². The first-order valence-corrected chi connectivity index (χ1v) is 5.53. The van der Waals surface area contributed by atoms with Crippen molar-refractivity contribution in [2.45, 2.75) is 30.9 Å². The van der Waals surface area contributed by atoms with Crippen LogP contribution in [0.25, 0.3) is 0 Å². The first-order valence-electron chi connectivity index (χ1n) is 5.53. The van der Waals surface area contributed by atoms with Gasteiger partial charge in [0.1, 0.15) is 6.33 Å². The third-order valence-electron chi connectivity index (χ3n) is 3.48. The highest BCUT2D eigenvalue weighted by atomic mass is 16.5. The van der Waals surface area contributed by atoms with Crippen LogP contribution in [-0.2, 0) is 4.74 Å². The van der Waals surface area contributed by atoms with Crippen molar-refractivity contribution >= 4 is 0 Å². The van der Waals surface area contributed by atoms with Crippen LogP contribution in [0, 0.1) is 0 Å². The monoisotopic (exact) mass is 205 g/mol. The van der Waals surface area contributed by atoms with Gasteiger partial charge in [0.05, 0.1) is 18.2 Å². The number of nitrogens with one attached hydrogen (secondary N) is 1. The fraction of sp³-hybridized carbons (Fsp3) is 0.636. The molecule has 0 radical (unpaired) electrons. The van der Waals surface area contributed by atoms with Crippen LogP contribution in [0.3, 0.4) is 0 Å². The number of morpholine rings is 1. The van der Waals surface area contributed by atoms with E-state index in [0.717, 1.165) is 31.6 Å². The Hall–Kier alpha value is -1.00. The number of aromatic nitrogens is 2. The van der Waals surface area contributed by atoms with Crippen molar-refractivity contribution in [2.75, 3.05) is 13.2 Å². The molecule has 1 saturated heterocycles. The minimum atomic E-state index is 0.0307. The number of hydrogen-bond acceptors (Lipinski definition) is 4. The molecule has 1 saturated carbocycles. The lowest BCUT2D eigenvalue weighted by molar-refractivity contribution is -0.146. The van der Waals surface area contributed by atoms with E-state index in [1.807, 2.05) is 12.4 Å². The fourth-order valence-electron chi connectivity index (χ4n) is 2.57. The van der Waals surface area contributed by atoms with E-state index in [1.165, 1.54) is 6.42 Å². The maximum atomic E-state index is 5.95. The molecule has 1 N–H and O–H groups in total. The molecule has 4 nitrogen and oxygen atoms in total. The normalized spacial score (nSPS) is 28.7. The van der Waals surface area contributed by atoms with Crippen LogP contribution >= 0.6 is 0 Å². The van der Waals surface area contributed by atoms with E-state index in [-0.39, 0.29) is 11.6 Å². The van der Waals surface area contributed by atoms with E-state index >= 15 is 0 Å². The van der Waals surface area contributed by atoms with Gasteiger partial charge in [-0.05, 0) is 19.3 Å². The van der Waals surface area contributed by atoms with Gasteiger partial charge in [-0.3, -0.25) is 0 Å². The van der Waals surface area contributed by atoms with Crippen LogP contribution in [0.2, 0.25) is 0 Å². The van der Waals surface area contributed by atoms with E-state index in [4.69, 9.17) is 4.74 Å². The van der Waals surface area contributed by atoms with Gasteiger partial charge in [-0.15, -0.1) is 0 Å². The van der Waals surface area contributed by atoms with Crippen molar-refractivity contribution in [1.29, 1.82) is 0 Å². The Labute approximate surface area is 89.1 Å². The molecule has 2 fully saturated rings. The molecular weight excluding hydrogens is 190 g/mol. The number of hydrogen-bond donors (Lipinski definition) is 1. The van der Waals surface area contributed by atoms with E-state index < -0.39 is 0 Å². The maximum Gasteiger partial charge on any atom is 0.115 e.